The Morgan fingerprint density at radius 2 is 1.91 bits per heavy atom. The van der Waals surface area contributed by atoms with Gasteiger partial charge in [0.15, 0.2) is 0 Å². The van der Waals surface area contributed by atoms with Gasteiger partial charge >= 0.3 is 0 Å². The van der Waals surface area contributed by atoms with E-state index in [-0.39, 0.29) is 12.1 Å². The van der Waals surface area contributed by atoms with Crippen LogP contribution in [0.3, 0.4) is 0 Å². The zero-order chi connectivity index (χ0) is 16.1. The van der Waals surface area contributed by atoms with Crippen molar-refractivity contribution in [1.29, 1.82) is 0 Å². The third-order valence-electron chi connectivity index (χ3n) is 3.99. The van der Waals surface area contributed by atoms with E-state index >= 15 is 0 Å². The van der Waals surface area contributed by atoms with Gasteiger partial charge in [0.1, 0.15) is 0 Å². The Kier molecular flexibility index (Phi) is 5.92. The highest BCUT2D eigenvalue weighted by Crippen LogP contribution is 2.29. The number of ether oxygens (including phenoxy) is 1. The predicted octanol–water partition coefficient (Wildman–Crippen LogP) is 3.81. The van der Waals surface area contributed by atoms with Gasteiger partial charge in [0.05, 0.1) is 28.8 Å². The number of rotatable bonds is 4. The van der Waals surface area contributed by atoms with E-state index in [0.717, 1.165) is 25.2 Å². The van der Waals surface area contributed by atoms with Crippen LogP contribution in [0.15, 0.2) is 48.5 Å². The molecule has 23 heavy (non-hydrogen) atoms. The molecule has 0 aromatic heterocycles. The Hall–Kier alpha value is -1.10. The van der Waals surface area contributed by atoms with Crippen LogP contribution in [0.2, 0.25) is 10.0 Å². The third-order valence-corrected chi connectivity index (χ3v) is 4.73. The molecule has 0 saturated carbocycles. The van der Waals surface area contributed by atoms with Crippen molar-refractivity contribution in [3.63, 3.8) is 0 Å². The van der Waals surface area contributed by atoms with Crippen LogP contribution in [0.4, 0.5) is 0 Å². The summed E-state index contributed by atoms with van der Waals surface area (Å²) in [7, 11) is 0. The van der Waals surface area contributed by atoms with Crippen molar-refractivity contribution in [2.45, 2.75) is 18.7 Å². The summed E-state index contributed by atoms with van der Waals surface area (Å²) in [4.78, 5) is 0. The molecule has 3 nitrogen and oxygen atoms in total. The SMILES string of the molecule is Clc1ccc(C2OCCNCC2NCc2ccccc2)cc1Cl. The Morgan fingerprint density at radius 1 is 1.09 bits per heavy atom. The first-order valence-corrected chi connectivity index (χ1v) is 8.54. The minimum Gasteiger partial charge on any atom is -0.371 e. The summed E-state index contributed by atoms with van der Waals surface area (Å²) < 4.78 is 6.06. The molecule has 2 aromatic carbocycles. The molecule has 2 unspecified atom stereocenters. The molecule has 0 aliphatic carbocycles. The molecular weight excluding hydrogens is 331 g/mol. The fourth-order valence-electron chi connectivity index (χ4n) is 2.78. The van der Waals surface area contributed by atoms with E-state index < -0.39 is 0 Å². The molecule has 2 N–H and O–H groups in total. The quantitative estimate of drug-likeness (QED) is 0.879. The fourth-order valence-corrected chi connectivity index (χ4v) is 3.09. The van der Waals surface area contributed by atoms with E-state index in [1.165, 1.54) is 5.56 Å². The molecule has 2 atom stereocenters. The normalized spacial score (nSPS) is 21.8. The number of halogens is 2. The largest absolute Gasteiger partial charge is 0.371 e. The van der Waals surface area contributed by atoms with Crippen LogP contribution in [0.5, 0.6) is 0 Å². The highest BCUT2D eigenvalue weighted by atomic mass is 35.5. The summed E-state index contributed by atoms with van der Waals surface area (Å²) in [6.45, 7) is 3.17. The maximum absolute atomic E-state index is 6.17. The summed E-state index contributed by atoms with van der Waals surface area (Å²) in [5.41, 5.74) is 2.30. The minimum atomic E-state index is -0.0523. The van der Waals surface area contributed by atoms with E-state index in [2.05, 4.69) is 34.9 Å². The van der Waals surface area contributed by atoms with Gasteiger partial charge in [-0.3, -0.25) is 0 Å². The van der Waals surface area contributed by atoms with E-state index in [0.29, 0.717) is 16.7 Å². The summed E-state index contributed by atoms with van der Waals surface area (Å²) >= 11 is 12.2. The number of hydrogen-bond acceptors (Lipinski definition) is 3. The maximum Gasteiger partial charge on any atom is 0.0991 e. The average molecular weight is 351 g/mol. The molecule has 0 spiro atoms. The van der Waals surface area contributed by atoms with Gasteiger partial charge in [-0.2, -0.15) is 0 Å². The highest BCUT2D eigenvalue weighted by Gasteiger charge is 2.26. The molecule has 3 rings (SSSR count). The van der Waals surface area contributed by atoms with Crippen LogP contribution in [0, 0.1) is 0 Å². The van der Waals surface area contributed by atoms with Crippen molar-refractivity contribution in [1.82, 2.24) is 10.6 Å². The molecule has 1 fully saturated rings. The topological polar surface area (TPSA) is 33.3 Å². The number of hydrogen-bond donors (Lipinski definition) is 2. The lowest BCUT2D eigenvalue weighted by molar-refractivity contribution is 0.0435. The van der Waals surface area contributed by atoms with Gasteiger partial charge in [-0.15, -0.1) is 0 Å². The molecule has 1 heterocycles. The standard InChI is InChI=1S/C18H20Cl2N2O/c19-15-7-6-14(10-16(15)20)18-17(12-21-8-9-23-18)22-11-13-4-2-1-3-5-13/h1-7,10,17-18,21-22H,8-9,11-12H2. The first-order valence-electron chi connectivity index (χ1n) is 7.78. The lowest BCUT2D eigenvalue weighted by atomic mass is 10.0. The monoisotopic (exact) mass is 350 g/mol. The molecule has 1 aliphatic heterocycles. The van der Waals surface area contributed by atoms with Crippen LogP contribution in [0.1, 0.15) is 17.2 Å². The average Bonchev–Trinajstić information content (AvgIpc) is 2.82. The van der Waals surface area contributed by atoms with E-state index in [9.17, 15) is 0 Å². The zero-order valence-corrected chi connectivity index (χ0v) is 14.3. The summed E-state index contributed by atoms with van der Waals surface area (Å²) in [6.07, 6.45) is -0.0523. The molecule has 5 heteroatoms. The Bertz CT molecular complexity index is 636. The molecular formula is C18H20Cl2N2O. The van der Waals surface area contributed by atoms with Crippen LogP contribution in [-0.2, 0) is 11.3 Å². The molecule has 2 aromatic rings. The first kappa shape index (κ1) is 16.7. The predicted molar refractivity (Wildman–Crippen MR) is 95.1 cm³/mol. The second-order valence-corrected chi connectivity index (χ2v) is 6.46. The second kappa shape index (κ2) is 8.13. The van der Waals surface area contributed by atoms with E-state index in [1.54, 1.807) is 0 Å². The maximum atomic E-state index is 6.17. The number of benzene rings is 2. The lowest BCUT2D eigenvalue weighted by Crippen LogP contribution is -2.41. The highest BCUT2D eigenvalue weighted by molar-refractivity contribution is 6.42. The van der Waals surface area contributed by atoms with Crippen LogP contribution in [-0.4, -0.2) is 25.7 Å². The third kappa shape index (κ3) is 4.46. The van der Waals surface area contributed by atoms with Gasteiger partial charge in [0, 0.05) is 19.6 Å². The Morgan fingerprint density at radius 3 is 2.70 bits per heavy atom. The number of nitrogens with one attached hydrogen (secondary N) is 2. The van der Waals surface area contributed by atoms with Crippen molar-refractivity contribution in [3.8, 4) is 0 Å². The summed E-state index contributed by atoms with van der Waals surface area (Å²) in [5, 5.41) is 8.14. The smallest absolute Gasteiger partial charge is 0.0991 e. The summed E-state index contributed by atoms with van der Waals surface area (Å²) in [5.74, 6) is 0. The molecule has 122 valence electrons. The Balaban J connectivity index is 1.75. The van der Waals surface area contributed by atoms with E-state index in [4.69, 9.17) is 27.9 Å². The molecule has 0 bridgehead atoms. The Labute approximate surface area is 146 Å². The van der Waals surface area contributed by atoms with Gasteiger partial charge in [-0.1, -0.05) is 59.6 Å². The second-order valence-electron chi connectivity index (χ2n) is 5.64. The first-order chi connectivity index (χ1) is 11.2. The molecule has 1 saturated heterocycles. The zero-order valence-electron chi connectivity index (χ0n) is 12.8. The van der Waals surface area contributed by atoms with Crippen molar-refractivity contribution in [2.24, 2.45) is 0 Å². The lowest BCUT2D eigenvalue weighted by Gasteiger charge is -2.26. The van der Waals surface area contributed by atoms with Crippen molar-refractivity contribution in [2.75, 3.05) is 19.7 Å². The molecule has 0 amide bonds. The van der Waals surface area contributed by atoms with Crippen LogP contribution < -0.4 is 10.6 Å². The van der Waals surface area contributed by atoms with Crippen LogP contribution in [0.25, 0.3) is 0 Å². The minimum absolute atomic E-state index is 0.0523. The van der Waals surface area contributed by atoms with Crippen molar-refractivity contribution in [3.05, 3.63) is 69.7 Å². The van der Waals surface area contributed by atoms with Gasteiger partial charge in [0.25, 0.3) is 0 Å². The van der Waals surface area contributed by atoms with Gasteiger partial charge in [-0.25, -0.2) is 0 Å². The van der Waals surface area contributed by atoms with Crippen LogP contribution >= 0.6 is 23.2 Å². The molecule has 0 radical (unpaired) electrons. The van der Waals surface area contributed by atoms with Crippen molar-refractivity contribution >= 4 is 23.2 Å². The summed E-state index contributed by atoms with van der Waals surface area (Å²) in [6, 6.07) is 16.2. The van der Waals surface area contributed by atoms with Gasteiger partial charge in [0.2, 0.25) is 0 Å². The van der Waals surface area contributed by atoms with E-state index in [1.807, 2.05) is 24.3 Å². The fraction of sp³-hybridized carbons (Fsp3) is 0.333. The van der Waals surface area contributed by atoms with Crippen molar-refractivity contribution < 1.29 is 4.74 Å². The van der Waals surface area contributed by atoms with Gasteiger partial charge in [-0.05, 0) is 23.3 Å². The molecule has 1 aliphatic rings. The van der Waals surface area contributed by atoms with Gasteiger partial charge < -0.3 is 15.4 Å².